The fourth-order valence-electron chi connectivity index (χ4n) is 3.20. The number of hydrogen-bond acceptors (Lipinski definition) is 3. The minimum absolute atomic E-state index is 0.0379. The first kappa shape index (κ1) is 14.8. The largest absolute Gasteiger partial charge is 0.379 e. The Morgan fingerprint density at radius 3 is 2.90 bits per heavy atom. The number of halogens is 1. The molecule has 5 heteroatoms. The monoisotopic (exact) mass is 308 g/mol. The molecule has 2 heterocycles. The maximum absolute atomic E-state index is 12.8. The third kappa shape index (κ3) is 2.93. The Hall–Kier alpha value is -1.10. The summed E-state index contributed by atoms with van der Waals surface area (Å²) in [4.78, 5) is 17.1. The number of amides is 1. The summed E-state index contributed by atoms with van der Waals surface area (Å²) < 4.78 is 5.70. The van der Waals surface area contributed by atoms with Gasteiger partial charge in [0.15, 0.2) is 0 Å². The summed E-state index contributed by atoms with van der Waals surface area (Å²) in [6.07, 6.45) is 0. The predicted octanol–water partition coefficient (Wildman–Crippen LogP) is 2.05. The van der Waals surface area contributed by atoms with Crippen molar-refractivity contribution in [1.29, 1.82) is 0 Å². The van der Waals surface area contributed by atoms with Crippen molar-refractivity contribution >= 4 is 17.5 Å². The zero-order valence-electron chi connectivity index (χ0n) is 12.5. The van der Waals surface area contributed by atoms with Crippen LogP contribution in [0, 0.1) is 12.8 Å². The van der Waals surface area contributed by atoms with E-state index < -0.39 is 0 Å². The Morgan fingerprint density at radius 1 is 1.29 bits per heavy atom. The lowest BCUT2D eigenvalue weighted by molar-refractivity contribution is 0.0434. The van der Waals surface area contributed by atoms with Crippen molar-refractivity contribution in [3.63, 3.8) is 0 Å². The summed E-state index contributed by atoms with van der Waals surface area (Å²) in [5.74, 6) is 0.408. The van der Waals surface area contributed by atoms with E-state index in [-0.39, 0.29) is 11.9 Å². The van der Waals surface area contributed by atoms with Crippen LogP contribution in [0.5, 0.6) is 0 Å². The molecule has 0 aromatic heterocycles. The summed E-state index contributed by atoms with van der Waals surface area (Å²) in [5.41, 5.74) is 1.55. The van der Waals surface area contributed by atoms with E-state index in [1.165, 1.54) is 0 Å². The second kappa shape index (κ2) is 5.95. The van der Waals surface area contributed by atoms with Crippen molar-refractivity contribution < 1.29 is 9.53 Å². The molecule has 0 N–H and O–H groups in total. The van der Waals surface area contributed by atoms with Gasteiger partial charge in [0.25, 0.3) is 5.91 Å². The average Bonchev–Trinajstić information content (AvgIpc) is 2.69. The molecule has 1 amide bonds. The summed E-state index contributed by atoms with van der Waals surface area (Å²) in [6.45, 7) is 5.78. The number of rotatable bonds is 1. The molecule has 2 aliphatic heterocycles. The van der Waals surface area contributed by atoms with Crippen LogP contribution in [0.1, 0.15) is 15.9 Å². The van der Waals surface area contributed by atoms with Crippen LogP contribution in [0.4, 0.5) is 0 Å². The third-order valence-corrected chi connectivity index (χ3v) is 4.95. The van der Waals surface area contributed by atoms with Gasteiger partial charge in [0, 0.05) is 25.6 Å². The fraction of sp³-hybridized carbons (Fsp3) is 0.562. The van der Waals surface area contributed by atoms with E-state index in [2.05, 4.69) is 11.9 Å². The molecular formula is C16H21ClN2O2. The second-order valence-electron chi connectivity index (χ2n) is 6.14. The lowest BCUT2D eigenvalue weighted by Crippen LogP contribution is -2.44. The van der Waals surface area contributed by atoms with E-state index in [0.717, 1.165) is 25.3 Å². The molecule has 0 radical (unpaired) electrons. The van der Waals surface area contributed by atoms with Gasteiger partial charge >= 0.3 is 0 Å². The molecule has 0 saturated carbocycles. The Bertz CT molecular complexity index is 549. The van der Waals surface area contributed by atoms with E-state index in [9.17, 15) is 4.79 Å². The zero-order valence-corrected chi connectivity index (χ0v) is 13.3. The van der Waals surface area contributed by atoms with Gasteiger partial charge in [0.1, 0.15) is 0 Å². The Labute approximate surface area is 130 Å². The molecule has 2 saturated heterocycles. The number of likely N-dealkylation sites (N-methyl/N-ethyl adjacent to an activating group) is 1. The zero-order chi connectivity index (χ0) is 15.0. The number of benzene rings is 1. The third-order valence-electron chi connectivity index (χ3n) is 4.45. The van der Waals surface area contributed by atoms with E-state index >= 15 is 0 Å². The van der Waals surface area contributed by atoms with E-state index in [0.29, 0.717) is 29.7 Å². The summed E-state index contributed by atoms with van der Waals surface area (Å²) >= 11 is 6.31. The van der Waals surface area contributed by atoms with Gasteiger partial charge in [-0.05, 0) is 25.6 Å². The van der Waals surface area contributed by atoms with Crippen molar-refractivity contribution in [2.24, 2.45) is 5.92 Å². The van der Waals surface area contributed by atoms with Crippen molar-refractivity contribution in [3.05, 3.63) is 34.3 Å². The molecule has 1 aromatic rings. The quantitative estimate of drug-likeness (QED) is 0.796. The number of carbonyl (C=O) groups is 1. The van der Waals surface area contributed by atoms with Crippen molar-refractivity contribution in [2.75, 3.05) is 39.9 Å². The molecule has 4 nitrogen and oxygen atoms in total. The van der Waals surface area contributed by atoms with Gasteiger partial charge in [-0.15, -0.1) is 0 Å². The van der Waals surface area contributed by atoms with E-state index in [1.54, 1.807) is 0 Å². The minimum atomic E-state index is 0.0379. The maximum atomic E-state index is 12.8. The van der Waals surface area contributed by atoms with Gasteiger partial charge in [0.05, 0.1) is 29.8 Å². The molecule has 3 rings (SSSR count). The maximum Gasteiger partial charge on any atom is 0.255 e. The highest BCUT2D eigenvalue weighted by molar-refractivity contribution is 6.34. The van der Waals surface area contributed by atoms with Crippen LogP contribution in [-0.2, 0) is 4.74 Å². The second-order valence-corrected chi connectivity index (χ2v) is 6.52. The molecule has 1 aromatic carbocycles. The molecule has 2 fully saturated rings. The lowest BCUT2D eigenvalue weighted by Gasteiger charge is -2.30. The molecular weight excluding hydrogens is 288 g/mol. The summed E-state index contributed by atoms with van der Waals surface area (Å²) in [5, 5.41) is 0.571. The first-order valence-electron chi connectivity index (χ1n) is 7.38. The van der Waals surface area contributed by atoms with Crippen LogP contribution >= 0.6 is 11.6 Å². The van der Waals surface area contributed by atoms with E-state index in [1.807, 2.05) is 30.0 Å². The number of carbonyl (C=O) groups excluding carboxylic acids is 1. The Balaban J connectivity index is 1.86. The van der Waals surface area contributed by atoms with Crippen LogP contribution in [-0.4, -0.2) is 61.6 Å². The SMILES string of the molecule is Cc1cccc(C(=O)N2C[C@@H]3COC[C@H](C2)N(C)C3)c1Cl. The molecule has 0 aliphatic carbocycles. The molecule has 2 atom stereocenters. The van der Waals surface area contributed by atoms with Crippen molar-refractivity contribution in [1.82, 2.24) is 9.80 Å². The van der Waals surface area contributed by atoms with Crippen LogP contribution in [0.25, 0.3) is 0 Å². The van der Waals surface area contributed by atoms with Gasteiger partial charge in [0.2, 0.25) is 0 Å². The molecule has 0 spiro atoms. The van der Waals surface area contributed by atoms with Gasteiger partial charge in [-0.1, -0.05) is 23.7 Å². The van der Waals surface area contributed by atoms with Crippen LogP contribution in [0.3, 0.4) is 0 Å². The van der Waals surface area contributed by atoms with Gasteiger partial charge < -0.3 is 9.64 Å². The lowest BCUT2D eigenvalue weighted by atomic mass is 10.1. The van der Waals surface area contributed by atoms with Gasteiger partial charge in [-0.3, -0.25) is 9.69 Å². The number of hydrogen-bond donors (Lipinski definition) is 0. The molecule has 2 aliphatic rings. The highest BCUT2D eigenvalue weighted by Crippen LogP contribution is 2.25. The average molecular weight is 309 g/mol. The normalized spacial score (nSPS) is 26.5. The Morgan fingerprint density at radius 2 is 2.10 bits per heavy atom. The molecule has 114 valence electrons. The smallest absolute Gasteiger partial charge is 0.255 e. The van der Waals surface area contributed by atoms with Crippen LogP contribution in [0.15, 0.2) is 18.2 Å². The molecule has 2 bridgehead atoms. The van der Waals surface area contributed by atoms with E-state index in [4.69, 9.17) is 16.3 Å². The Kier molecular flexibility index (Phi) is 4.20. The first-order chi connectivity index (χ1) is 10.1. The van der Waals surface area contributed by atoms with Gasteiger partial charge in [-0.2, -0.15) is 0 Å². The minimum Gasteiger partial charge on any atom is -0.379 e. The number of nitrogens with zero attached hydrogens (tertiary/aromatic N) is 2. The summed E-state index contributed by atoms with van der Waals surface area (Å²) in [7, 11) is 2.11. The van der Waals surface area contributed by atoms with Crippen LogP contribution < -0.4 is 0 Å². The fourth-order valence-corrected chi connectivity index (χ4v) is 3.41. The highest BCUT2D eigenvalue weighted by atomic mass is 35.5. The molecule has 21 heavy (non-hydrogen) atoms. The number of ether oxygens (including phenoxy) is 1. The number of fused-ring (bicyclic) bond motifs is 3. The van der Waals surface area contributed by atoms with Crippen molar-refractivity contribution in [2.45, 2.75) is 13.0 Å². The predicted molar refractivity (Wildman–Crippen MR) is 82.8 cm³/mol. The highest BCUT2D eigenvalue weighted by Gasteiger charge is 2.34. The molecule has 0 unspecified atom stereocenters. The standard InChI is InChI=1S/C16H21ClN2O2/c1-11-4-3-5-14(15(11)17)16(20)19-7-12-6-18(2)13(8-19)10-21-9-12/h3-5,12-13H,6-10H2,1-2H3/t12-,13+/m1/s1. The van der Waals surface area contributed by atoms with Crippen LogP contribution in [0.2, 0.25) is 5.02 Å². The first-order valence-corrected chi connectivity index (χ1v) is 7.76. The number of aryl methyl sites for hydroxylation is 1. The van der Waals surface area contributed by atoms with Crippen molar-refractivity contribution in [3.8, 4) is 0 Å². The summed E-state index contributed by atoms with van der Waals surface area (Å²) in [6, 6.07) is 5.91. The van der Waals surface area contributed by atoms with Gasteiger partial charge in [-0.25, -0.2) is 0 Å². The topological polar surface area (TPSA) is 32.8 Å².